The lowest BCUT2D eigenvalue weighted by atomic mass is 10.4. The van der Waals surface area contributed by atoms with Crippen LogP contribution in [0, 0.1) is 0 Å². The molecule has 1 amide bonds. The summed E-state index contributed by atoms with van der Waals surface area (Å²) in [4.78, 5) is 29.9. The van der Waals surface area contributed by atoms with Crippen molar-refractivity contribution in [3.05, 3.63) is 22.2 Å². The van der Waals surface area contributed by atoms with Crippen molar-refractivity contribution in [2.75, 3.05) is 32.1 Å². The molecule has 1 saturated carbocycles. The summed E-state index contributed by atoms with van der Waals surface area (Å²) in [5.74, 6) is 1.35. The number of hydrogen-bond donors (Lipinski definition) is 3. The zero-order valence-electron chi connectivity index (χ0n) is 10.9. The molecule has 7 nitrogen and oxygen atoms in total. The molecule has 0 unspecified atom stereocenters. The SMILES string of the molecule is COCCNC(=O)CNc1cc(=O)[nH]c(C2CC2)n1. The molecule has 19 heavy (non-hydrogen) atoms. The molecule has 1 aromatic rings. The third-order valence-corrected chi connectivity index (χ3v) is 2.78. The second kappa shape index (κ2) is 6.33. The first kappa shape index (κ1) is 13.5. The topological polar surface area (TPSA) is 96.1 Å². The molecule has 1 heterocycles. The number of H-pyrrole nitrogens is 1. The van der Waals surface area contributed by atoms with E-state index in [9.17, 15) is 9.59 Å². The predicted molar refractivity (Wildman–Crippen MR) is 70.2 cm³/mol. The molecule has 0 bridgehead atoms. The van der Waals surface area contributed by atoms with Gasteiger partial charge in [0.25, 0.3) is 5.56 Å². The number of aromatic amines is 1. The van der Waals surface area contributed by atoms with Gasteiger partial charge in [0, 0.05) is 25.6 Å². The van der Waals surface area contributed by atoms with Crippen LogP contribution < -0.4 is 16.2 Å². The van der Waals surface area contributed by atoms with Crippen molar-refractivity contribution in [1.82, 2.24) is 15.3 Å². The molecule has 3 N–H and O–H groups in total. The maximum atomic E-state index is 11.5. The fourth-order valence-corrected chi connectivity index (χ4v) is 1.64. The van der Waals surface area contributed by atoms with Crippen LogP contribution in [0.2, 0.25) is 0 Å². The molecule has 1 aliphatic carbocycles. The molecule has 104 valence electrons. The molecule has 0 spiro atoms. The summed E-state index contributed by atoms with van der Waals surface area (Å²) in [6.45, 7) is 1.03. The number of nitrogens with zero attached hydrogens (tertiary/aromatic N) is 1. The standard InChI is InChI=1S/C12H18N4O3/c1-19-5-4-13-11(18)7-14-9-6-10(17)16-12(15-9)8-2-3-8/h6,8H,2-5,7H2,1H3,(H,13,18)(H2,14,15,16,17). The first-order chi connectivity index (χ1) is 9.19. The van der Waals surface area contributed by atoms with Crippen molar-refractivity contribution in [3.63, 3.8) is 0 Å². The minimum Gasteiger partial charge on any atom is -0.383 e. The van der Waals surface area contributed by atoms with Gasteiger partial charge in [-0.25, -0.2) is 4.98 Å². The monoisotopic (exact) mass is 266 g/mol. The van der Waals surface area contributed by atoms with Crippen LogP contribution in [0.15, 0.2) is 10.9 Å². The van der Waals surface area contributed by atoms with Gasteiger partial charge in [0.1, 0.15) is 11.6 Å². The van der Waals surface area contributed by atoms with Crippen LogP contribution in [0.3, 0.4) is 0 Å². The number of amides is 1. The number of hydrogen-bond acceptors (Lipinski definition) is 5. The third kappa shape index (κ3) is 4.36. The van der Waals surface area contributed by atoms with Crippen LogP contribution >= 0.6 is 0 Å². The smallest absolute Gasteiger partial charge is 0.252 e. The van der Waals surface area contributed by atoms with Crippen LogP contribution in [0.25, 0.3) is 0 Å². The maximum absolute atomic E-state index is 11.5. The van der Waals surface area contributed by atoms with Crippen molar-refractivity contribution in [2.45, 2.75) is 18.8 Å². The molecule has 2 rings (SSSR count). The molecule has 0 aliphatic heterocycles. The molecule has 1 fully saturated rings. The van der Waals surface area contributed by atoms with E-state index in [0.717, 1.165) is 12.8 Å². The summed E-state index contributed by atoms with van der Waals surface area (Å²) < 4.78 is 4.83. The average molecular weight is 266 g/mol. The van der Waals surface area contributed by atoms with Crippen LogP contribution in [0.4, 0.5) is 5.82 Å². The van der Waals surface area contributed by atoms with Crippen LogP contribution in [0.1, 0.15) is 24.6 Å². The highest BCUT2D eigenvalue weighted by atomic mass is 16.5. The Hall–Kier alpha value is -1.89. The molecule has 7 heteroatoms. The van der Waals surface area contributed by atoms with Gasteiger partial charge in [-0.05, 0) is 12.8 Å². The molecule has 0 saturated heterocycles. The zero-order valence-corrected chi connectivity index (χ0v) is 10.9. The normalized spacial score (nSPS) is 14.2. The van der Waals surface area contributed by atoms with Gasteiger partial charge in [-0.1, -0.05) is 0 Å². The summed E-state index contributed by atoms with van der Waals surface area (Å²) in [5, 5.41) is 5.53. The summed E-state index contributed by atoms with van der Waals surface area (Å²) >= 11 is 0. The first-order valence-electron chi connectivity index (χ1n) is 6.30. The van der Waals surface area contributed by atoms with Gasteiger partial charge in [0.05, 0.1) is 13.2 Å². The maximum Gasteiger partial charge on any atom is 0.252 e. The molecule has 0 radical (unpaired) electrons. The number of carbonyl (C=O) groups excluding carboxylic acids is 1. The highest BCUT2D eigenvalue weighted by Crippen LogP contribution is 2.37. The molecule has 1 aromatic heterocycles. The van der Waals surface area contributed by atoms with Gasteiger partial charge in [0.15, 0.2) is 0 Å². The average Bonchev–Trinajstić information content (AvgIpc) is 3.20. The fraction of sp³-hybridized carbons (Fsp3) is 0.583. The summed E-state index contributed by atoms with van der Waals surface area (Å²) in [5.41, 5.74) is -0.195. The van der Waals surface area contributed by atoms with E-state index in [1.807, 2.05) is 0 Å². The Morgan fingerprint density at radius 3 is 3.05 bits per heavy atom. The van der Waals surface area contributed by atoms with Gasteiger partial charge < -0.3 is 20.4 Å². The number of nitrogens with one attached hydrogen (secondary N) is 3. The van der Waals surface area contributed by atoms with Crippen molar-refractivity contribution >= 4 is 11.7 Å². The second-order valence-corrected chi connectivity index (χ2v) is 4.49. The molecular formula is C12H18N4O3. The first-order valence-corrected chi connectivity index (χ1v) is 6.30. The number of anilines is 1. The van der Waals surface area contributed by atoms with Gasteiger partial charge in [0.2, 0.25) is 5.91 Å². The Balaban J connectivity index is 1.85. The number of rotatable bonds is 7. The molecule has 0 aromatic carbocycles. The van der Waals surface area contributed by atoms with E-state index in [0.29, 0.717) is 30.7 Å². The van der Waals surface area contributed by atoms with Gasteiger partial charge in [-0.15, -0.1) is 0 Å². The Kier molecular flexibility index (Phi) is 4.51. The van der Waals surface area contributed by atoms with Gasteiger partial charge in [-0.2, -0.15) is 0 Å². The van der Waals surface area contributed by atoms with Crippen LogP contribution in [-0.4, -0.2) is 42.7 Å². The van der Waals surface area contributed by atoms with Crippen molar-refractivity contribution in [1.29, 1.82) is 0 Å². The Labute approximate surface area is 110 Å². The van der Waals surface area contributed by atoms with Crippen LogP contribution in [0.5, 0.6) is 0 Å². The summed E-state index contributed by atoms with van der Waals surface area (Å²) in [6, 6.07) is 1.36. The third-order valence-electron chi connectivity index (χ3n) is 2.78. The quantitative estimate of drug-likeness (QED) is 0.595. The lowest BCUT2D eigenvalue weighted by Gasteiger charge is -2.07. The van der Waals surface area contributed by atoms with E-state index in [2.05, 4.69) is 20.6 Å². The van der Waals surface area contributed by atoms with Gasteiger partial charge >= 0.3 is 0 Å². The van der Waals surface area contributed by atoms with E-state index in [-0.39, 0.29) is 18.0 Å². The highest BCUT2D eigenvalue weighted by molar-refractivity contribution is 5.80. The Bertz CT molecular complexity index is 496. The molecule has 1 aliphatic rings. The second-order valence-electron chi connectivity index (χ2n) is 4.49. The zero-order chi connectivity index (χ0) is 13.7. The number of ether oxygens (including phenoxy) is 1. The Morgan fingerprint density at radius 2 is 2.37 bits per heavy atom. The van der Waals surface area contributed by atoms with E-state index < -0.39 is 0 Å². The fourth-order valence-electron chi connectivity index (χ4n) is 1.64. The molecule has 0 atom stereocenters. The van der Waals surface area contributed by atoms with E-state index >= 15 is 0 Å². The summed E-state index contributed by atoms with van der Waals surface area (Å²) in [7, 11) is 1.57. The Morgan fingerprint density at radius 1 is 1.58 bits per heavy atom. The van der Waals surface area contributed by atoms with E-state index in [4.69, 9.17) is 4.74 Å². The largest absolute Gasteiger partial charge is 0.383 e. The lowest BCUT2D eigenvalue weighted by Crippen LogP contribution is -2.32. The van der Waals surface area contributed by atoms with Crippen molar-refractivity contribution in [2.24, 2.45) is 0 Å². The van der Waals surface area contributed by atoms with E-state index in [1.54, 1.807) is 7.11 Å². The number of carbonyl (C=O) groups is 1. The highest BCUT2D eigenvalue weighted by Gasteiger charge is 2.26. The van der Waals surface area contributed by atoms with Crippen molar-refractivity contribution in [3.8, 4) is 0 Å². The number of methoxy groups -OCH3 is 1. The van der Waals surface area contributed by atoms with Crippen molar-refractivity contribution < 1.29 is 9.53 Å². The minimum atomic E-state index is -0.195. The lowest BCUT2D eigenvalue weighted by molar-refractivity contribution is -0.119. The number of aromatic nitrogens is 2. The van der Waals surface area contributed by atoms with E-state index in [1.165, 1.54) is 6.07 Å². The van der Waals surface area contributed by atoms with Crippen LogP contribution in [-0.2, 0) is 9.53 Å². The van der Waals surface area contributed by atoms with Gasteiger partial charge in [-0.3, -0.25) is 9.59 Å². The minimum absolute atomic E-state index is 0.0876. The molecular weight excluding hydrogens is 248 g/mol. The summed E-state index contributed by atoms with van der Waals surface area (Å²) in [6.07, 6.45) is 2.12. The predicted octanol–water partition coefficient (Wildman–Crippen LogP) is -0.178.